The van der Waals surface area contributed by atoms with Gasteiger partial charge in [-0.3, -0.25) is 0 Å². The summed E-state index contributed by atoms with van der Waals surface area (Å²) < 4.78 is 0. The number of hydrogen-bond donors (Lipinski definition) is 1. The average Bonchev–Trinajstić information content (AvgIpc) is 2.31. The minimum absolute atomic E-state index is 0.310. The largest absolute Gasteiger partial charge is 0.316 e. The third kappa shape index (κ3) is 2.85. The second kappa shape index (κ2) is 5.01. The van der Waals surface area contributed by atoms with Crippen molar-refractivity contribution in [2.24, 2.45) is 5.92 Å². The van der Waals surface area contributed by atoms with E-state index in [0.29, 0.717) is 5.41 Å². The van der Waals surface area contributed by atoms with E-state index < -0.39 is 0 Å². The molecule has 1 N–H and O–H groups in total. The molecule has 1 aliphatic heterocycles. The van der Waals surface area contributed by atoms with Crippen LogP contribution in [-0.2, 0) is 5.41 Å². The lowest BCUT2D eigenvalue weighted by molar-refractivity contribution is 0.294. The first kappa shape index (κ1) is 11.7. The first-order chi connectivity index (χ1) is 7.68. The van der Waals surface area contributed by atoms with Gasteiger partial charge in [0.2, 0.25) is 0 Å². The summed E-state index contributed by atoms with van der Waals surface area (Å²) in [7, 11) is 0. The van der Waals surface area contributed by atoms with Gasteiger partial charge >= 0.3 is 0 Å². The van der Waals surface area contributed by atoms with Crippen LogP contribution in [0, 0.1) is 5.92 Å². The monoisotopic (exact) mass is 217 g/mol. The lowest BCUT2D eigenvalue weighted by Gasteiger charge is -2.32. The van der Waals surface area contributed by atoms with Crippen LogP contribution in [0.4, 0.5) is 0 Å². The molecule has 1 saturated heterocycles. The summed E-state index contributed by atoms with van der Waals surface area (Å²) in [5, 5.41) is 3.51. The van der Waals surface area contributed by atoms with Crippen molar-refractivity contribution in [2.45, 2.75) is 38.5 Å². The van der Waals surface area contributed by atoms with Gasteiger partial charge in [0, 0.05) is 0 Å². The maximum Gasteiger partial charge on any atom is -0.00202 e. The van der Waals surface area contributed by atoms with Crippen LogP contribution in [0.3, 0.4) is 0 Å². The maximum absolute atomic E-state index is 3.51. The van der Waals surface area contributed by atoms with Crippen molar-refractivity contribution in [1.82, 2.24) is 5.32 Å². The van der Waals surface area contributed by atoms with Crippen LogP contribution in [0.2, 0.25) is 0 Å². The molecule has 1 atom stereocenters. The van der Waals surface area contributed by atoms with Crippen molar-refractivity contribution in [1.29, 1.82) is 0 Å². The fourth-order valence-corrected chi connectivity index (χ4v) is 2.83. The number of benzene rings is 1. The van der Waals surface area contributed by atoms with E-state index in [2.05, 4.69) is 49.5 Å². The Morgan fingerprint density at radius 1 is 1.25 bits per heavy atom. The molecule has 0 radical (unpaired) electrons. The van der Waals surface area contributed by atoms with Gasteiger partial charge in [-0.25, -0.2) is 0 Å². The zero-order valence-electron chi connectivity index (χ0n) is 10.5. The Balaban J connectivity index is 2.01. The van der Waals surface area contributed by atoms with Crippen LogP contribution in [0.1, 0.15) is 38.7 Å². The molecule has 0 aromatic heterocycles. The number of nitrogens with one attached hydrogen (secondary N) is 1. The van der Waals surface area contributed by atoms with Crippen molar-refractivity contribution in [2.75, 3.05) is 13.1 Å². The molecule has 0 bridgehead atoms. The lowest BCUT2D eigenvalue weighted by Crippen LogP contribution is -2.33. The Bertz CT molecular complexity index is 309. The molecule has 1 fully saturated rings. The Morgan fingerprint density at radius 2 is 2.00 bits per heavy atom. The van der Waals surface area contributed by atoms with Crippen LogP contribution in [0.15, 0.2) is 30.3 Å². The van der Waals surface area contributed by atoms with Gasteiger partial charge < -0.3 is 5.32 Å². The van der Waals surface area contributed by atoms with E-state index in [0.717, 1.165) is 5.92 Å². The van der Waals surface area contributed by atoms with Gasteiger partial charge in [-0.2, -0.15) is 0 Å². The van der Waals surface area contributed by atoms with E-state index in [1.807, 2.05) is 0 Å². The third-order valence-electron chi connectivity index (χ3n) is 3.75. The molecule has 1 heteroatoms. The highest BCUT2D eigenvalue weighted by atomic mass is 14.9. The first-order valence-corrected chi connectivity index (χ1v) is 6.45. The van der Waals surface area contributed by atoms with Gasteiger partial charge in [-0.05, 0) is 49.2 Å². The maximum atomic E-state index is 3.51. The fourth-order valence-electron chi connectivity index (χ4n) is 2.83. The molecule has 1 aromatic carbocycles. The van der Waals surface area contributed by atoms with Crippen LogP contribution >= 0.6 is 0 Å². The summed E-state index contributed by atoms with van der Waals surface area (Å²) in [6.45, 7) is 7.16. The van der Waals surface area contributed by atoms with Crippen LogP contribution in [0.5, 0.6) is 0 Å². The van der Waals surface area contributed by atoms with Crippen molar-refractivity contribution < 1.29 is 0 Å². The van der Waals surface area contributed by atoms with E-state index >= 15 is 0 Å². The van der Waals surface area contributed by atoms with Gasteiger partial charge in [0.05, 0.1) is 0 Å². The van der Waals surface area contributed by atoms with Crippen molar-refractivity contribution in [3.63, 3.8) is 0 Å². The highest BCUT2D eigenvalue weighted by molar-refractivity contribution is 5.23. The predicted octanol–water partition coefficient (Wildman–Crippen LogP) is 3.35. The quantitative estimate of drug-likeness (QED) is 0.818. The number of piperidine rings is 1. The van der Waals surface area contributed by atoms with Gasteiger partial charge in [-0.15, -0.1) is 0 Å². The molecule has 2 rings (SSSR count). The second-order valence-electron chi connectivity index (χ2n) is 5.67. The Kier molecular flexibility index (Phi) is 3.65. The van der Waals surface area contributed by atoms with E-state index in [4.69, 9.17) is 0 Å². The second-order valence-corrected chi connectivity index (χ2v) is 5.67. The summed E-state index contributed by atoms with van der Waals surface area (Å²) in [5.74, 6) is 0.851. The Labute approximate surface area is 99.3 Å². The Hall–Kier alpha value is -0.820. The van der Waals surface area contributed by atoms with Crippen molar-refractivity contribution in [3.05, 3.63) is 35.9 Å². The van der Waals surface area contributed by atoms with E-state index in [-0.39, 0.29) is 0 Å². The summed E-state index contributed by atoms with van der Waals surface area (Å²) in [6, 6.07) is 10.9. The fraction of sp³-hybridized carbons (Fsp3) is 0.600. The van der Waals surface area contributed by atoms with Gasteiger partial charge in [0.1, 0.15) is 0 Å². The van der Waals surface area contributed by atoms with Gasteiger partial charge in [0.15, 0.2) is 0 Å². The lowest BCUT2D eigenvalue weighted by atomic mass is 9.75. The number of rotatable bonds is 3. The van der Waals surface area contributed by atoms with Crippen LogP contribution < -0.4 is 5.32 Å². The molecule has 0 saturated carbocycles. The van der Waals surface area contributed by atoms with Gasteiger partial charge in [-0.1, -0.05) is 44.2 Å². The minimum atomic E-state index is 0.310. The smallest absolute Gasteiger partial charge is 0.00202 e. The molecule has 1 nitrogen and oxygen atoms in total. The van der Waals surface area contributed by atoms with Crippen LogP contribution in [0.25, 0.3) is 0 Å². The molecule has 88 valence electrons. The highest BCUT2D eigenvalue weighted by Gasteiger charge is 2.25. The highest BCUT2D eigenvalue weighted by Crippen LogP contribution is 2.32. The molecule has 0 amide bonds. The van der Waals surface area contributed by atoms with Crippen molar-refractivity contribution >= 4 is 0 Å². The molecule has 1 aliphatic rings. The first-order valence-electron chi connectivity index (χ1n) is 6.45. The zero-order chi connectivity index (χ0) is 11.4. The molecule has 0 spiro atoms. The standard InChI is InChI=1S/C15H23N/c1-15(2,14-8-4-3-5-9-14)11-13-7-6-10-16-12-13/h3-5,8-9,13,16H,6-7,10-12H2,1-2H3. The summed E-state index contributed by atoms with van der Waals surface area (Å²) in [6.07, 6.45) is 4.03. The Morgan fingerprint density at radius 3 is 2.62 bits per heavy atom. The minimum Gasteiger partial charge on any atom is -0.316 e. The summed E-state index contributed by atoms with van der Waals surface area (Å²) >= 11 is 0. The third-order valence-corrected chi connectivity index (χ3v) is 3.75. The topological polar surface area (TPSA) is 12.0 Å². The normalized spacial score (nSPS) is 22.0. The molecule has 1 aromatic rings. The predicted molar refractivity (Wildman–Crippen MR) is 69.7 cm³/mol. The zero-order valence-corrected chi connectivity index (χ0v) is 10.5. The SMILES string of the molecule is CC(C)(CC1CCCNC1)c1ccccc1. The van der Waals surface area contributed by atoms with Crippen LogP contribution in [-0.4, -0.2) is 13.1 Å². The summed E-state index contributed by atoms with van der Waals surface area (Å²) in [4.78, 5) is 0. The molecule has 0 aliphatic carbocycles. The summed E-state index contributed by atoms with van der Waals surface area (Å²) in [5.41, 5.74) is 1.78. The molecular weight excluding hydrogens is 194 g/mol. The number of hydrogen-bond acceptors (Lipinski definition) is 1. The molecule has 16 heavy (non-hydrogen) atoms. The van der Waals surface area contributed by atoms with E-state index in [9.17, 15) is 0 Å². The molecule has 1 heterocycles. The van der Waals surface area contributed by atoms with Crippen molar-refractivity contribution in [3.8, 4) is 0 Å². The van der Waals surface area contributed by atoms with E-state index in [1.54, 1.807) is 0 Å². The van der Waals surface area contributed by atoms with Gasteiger partial charge in [0.25, 0.3) is 0 Å². The molecular formula is C15H23N. The van der Waals surface area contributed by atoms with E-state index in [1.165, 1.54) is 37.9 Å². The average molecular weight is 217 g/mol. The molecule has 1 unspecified atom stereocenters.